The van der Waals surface area contributed by atoms with Crippen LogP contribution in [0.15, 0.2) is 24.3 Å². The fourth-order valence-electron chi connectivity index (χ4n) is 2.42. The van der Waals surface area contributed by atoms with E-state index in [4.69, 9.17) is 5.73 Å². The Morgan fingerprint density at radius 3 is 2.48 bits per heavy atom. The molecule has 1 atom stereocenters. The van der Waals surface area contributed by atoms with Gasteiger partial charge in [-0.05, 0) is 44.0 Å². The van der Waals surface area contributed by atoms with Crippen molar-refractivity contribution in [3.8, 4) is 0 Å². The molecule has 0 aromatic heterocycles. The first-order chi connectivity index (χ1) is 9.97. The summed E-state index contributed by atoms with van der Waals surface area (Å²) >= 11 is 0. The molecule has 112 valence electrons. The lowest BCUT2D eigenvalue weighted by molar-refractivity contribution is -0.121. The number of amides is 3. The summed E-state index contributed by atoms with van der Waals surface area (Å²) in [5, 5.41) is 2.81. The molecular formula is C15H19N3O3. The molecular weight excluding hydrogens is 270 g/mol. The number of primary amides is 1. The van der Waals surface area contributed by atoms with Crippen LogP contribution in [0.25, 0.3) is 0 Å². The van der Waals surface area contributed by atoms with Gasteiger partial charge in [0.05, 0.1) is 5.92 Å². The van der Waals surface area contributed by atoms with Crippen molar-refractivity contribution in [2.24, 2.45) is 11.7 Å². The number of rotatable bonds is 3. The molecule has 3 N–H and O–H groups in total. The zero-order valence-corrected chi connectivity index (χ0v) is 12.0. The highest BCUT2D eigenvalue weighted by molar-refractivity contribution is 5.96. The average molecular weight is 289 g/mol. The van der Waals surface area contributed by atoms with Gasteiger partial charge in [0.25, 0.3) is 0 Å². The van der Waals surface area contributed by atoms with Crippen molar-refractivity contribution in [3.05, 3.63) is 29.8 Å². The number of nitrogens with zero attached hydrogens (tertiary/aromatic N) is 1. The van der Waals surface area contributed by atoms with Gasteiger partial charge < -0.3 is 16.0 Å². The topological polar surface area (TPSA) is 92.5 Å². The van der Waals surface area contributed by atoms with E-state index in [0.29, 0.717) is 24.3 Å². The molecule has 0 saturated carbocycles. The molecule has 1 saturated heterocycles. The number of urea groups is 1. The quantitative estimate of drug-likeness (QED) is 0.828. The molecule has 6 heteroatoms. The van der Waals surface area contributed by atoms with Crippen molar-refractivity contribution in [1.29, 1.82) is 0 Å². The van der Waals surface area contributed by atoms with E-state index in [9.17, 15) is 14.4 Å². The number of hydrogen-bond donors (Lipinski definition) is 2. The van der Waals surface area contributed by atoms with Gasteiger partial charge in [-0.3, -0.25) is 9.59 Å². The molecule has 1 aliphatic rings. The van der Waals surface area contributed by atoms with Crippen molar-refractivity contribution >= 4 is 23.4 Å². The van der Waals surface area contributed by atoms with Gasteiger partial charge in [-0.25, -0.2) is 4.79 Å². The fraction of sp³-hybridized carbons (Fsp3) is 0.400. The summed E-state index contributed by atoms with van der Waals surface area (Å²) in [6.07, 6.45) is 1.51. The van der Waals surface area contributed by atoms with Gasteiger partial charge in [0.1, 0.15) is 0 Å². The Balaban J connectivity index is 1.97. The zero-order valence-electron chi connectivity index (χ0n) is 12.0. The van der Waals surface area contributed by atoms with Gasteiger partial charge in [-0.1, -0.05) is 0 Å². The molecule has 0 unspecified atom stereocenters. The Morgan fingerprint density at radius 2 is 1.90 bits per heavy atom. The molecule has 1 aromatic rings. The largest absolute Gasteiger partial charge is 0.351 e. The number of nitrogens with two attached hydrogens (primary N) is 1. The molecule has 0 spiro atoms. The number of anilines is 1. The molecule has 1 aromatic carbocycles. The van der Waals surface area contributed by atoms with Crippen LogP contribution in [0, 0.1) is 5.92 Å². The number of ketones is 1. The van der Waals surface area contributed by atoms with Crippen LogP contribution in [0.2, 0.25) is 0 Å². The number of piperidine rings is 1. The van der Waals surface area contributed by atoms with Crippen molar-refractivity contribution in [2.75, 3.05) is 18.4 Å². The van der Waals surface area contributed by atoms with E-state index in [0.717, 1.165) is 12.8 Å². The van der Waals surface area contributed by atoms with Crippen LogP contribution in [-0.4, -0.2) is 35.7 Å². The van der Waals surface area contributed by atoms with Crippen molar-refractivity contribution in [3.63, 3.8) is 0 Å². The number of nitrogens with one attached hydrogen (secondary N) is 1. The molecule has 0 aliphatic carbocycles. The van der Waals surface area contributed by atoms with Gasteiger partial charge in [0.2, 0.25) is 5.91 Å². The predicted octanol–water partition coefficient (Wildman–Crippen LogP) is 1.62. The van der Waals surface area contributed by atoms with Gasteiger partial charge in [0, 0.05) is 24.3 Å². The molecule has 1 fully saturated rings. The highest BCUT2D eigenvalue weighted by Crippen LogP contribution is 2.19. The summed E-state index contributed by atoms with van der Waals surface area (Å²) in [6, 6.07) is 6.26. The van der Waals surface area contributed by atoms with E-state index >= 15 is 0 Å². The Hall–Kier alpha value is -2.37. The maximum absolute atomic E-state index is 12.2. The Kier molecular flexibility index (Phi) is 4.57. The first kappa shape index (κ1) is 15.0. The van der Waals surface area contributed by atoms with Crippen LogP contribution in [0.5, 0.6) is 0 Å². The predicted molar refractivity (Wildman–Crippen MR) is 79.0 cm³/mol. The minimum absolute atomic E-state index is 0.0164. The average Bonchev–Trinajstić information content (AvgIpc) is 2.48. The number of likely N-dealkylation sites (tertiary alicyclic amines) is 1. The van der Waals surface area contributed by atoms with E-state index < -0.39 is 6.03 Å². The molecule has 21 heavy (non-hydrogen) atoms. The lowest BCUT2D eigenvalue weighted by atomic mass is 9.97. The highest BCUT2D eigenvalue weighted by Gasteiger charge is 2.27. The highest BCUT2D eigenvalue weighted by atomic mass is 16.2. The van der Waals surface area contributed by atoms with E-state index in [1.165, 1.54) is 11.8 Å². The maximum Gasteiger partial charge on any atom is 0.314 e. The van der Waals surface area contributed by atoms with Gasteiger partial charge in [-0.2, -0.15) is 0 Å². The monoisotopic (exact) mass is 289 g/mol. The normalized spacial score (nSPS) is 18.1. The van der Waals surface area contributed by atoms with Crippen molar-refractivity contribution in [2.45, 2.75) is 19.8 Å². The van der Waals surface area contributed by atoms with Gasteiger partial charge in [0.15, 0.2) is 5.78 Å². The van der Waals surface area contributed by atoms with Crippen LogP contribution in [0.3, 0.4) is 0 Å². The number of carbonyl (C=O) groups is 3. The molecule has 0 bridgehead atoms. The summed E-state index contributed by atoms with van der Waals surface area (Å²) in [6.45, 7) is 2.45. The molecule has 3 amide bonds. The third-order valence-corrected chi connectivity index (χ3v) is 3.66. The molecule has 0 radical (unpaired) electrons. The lowest BCUT2D eigenvalue weighted by Crippen LogP contribution is -2.46. The summed E-state index contributed by atoms with van der Waals surface area (Å²) in [5.74, 6) is -0.396. The van der Waals surface area contributed by atoms with Crippen LogP contribution in [0.1, 0.15) is 30.1 Å². The number of hydrogen-bond acceptors (Lipinski definition) is 3. The smallest absolute Gasteiger partial charge is 0.314 e. The van der Waals surface area contributed by atoms with Gasteiger partial charge >= 0.3 is 6.03 Å². The number of Topliss-reactive ketones (excluding diaryl/α,β-unsaturated/α-hetero) is 1. The Morgan fingerprint density at radius 1 is 1.24 bits per heavy atom. The third kappa shape index (κ3) is 3.81. The molecule has 2 rings (SSSR count). The Bertz CT molecular complexity index is 554. The molecule has 1 heterocycles. The van der Waals surface area contributed by atoms with Crippen molar-refractivity contribution < 1.29 is 14.4 Å². The first-order valence-electron chi connectivity index (χ1n) is 6.93. The van der Waals surface area contributed by atoms with E-state index in [-0.39, 0.29) is 17.6 Å². The summed E-state index contributed by atoms with van der Waals surface area (Å²) < 4.78 is 0. The number of benzene rings is 1. The second kappa shape index (κ2) is 6.39. The minimum atomic E-state index is -0.488. The minimum Gasteiger partial charge on any atom is -0.351 e. The second-order valence-electron chi connectivity index (χ2n) is 5.25. The van der Waals surface area contributed by atoms with E-state index in [1.807, 2.05) is 0 Å². The van der Waals surface area contributed by atoms with Gasteiger partial charge in [-0.15, -0.1) is 0 Å². The zero-order chi connectivity index (χ0) is 15.4. The summed E-state index contributed by atoms with van der Waals surface area (Å²) in [4.78, 5) is 36.0. The van der Waals surface area contributed by atoms with Crippen LogP contribution in [0.4, 0.5) is 10.5 Å². The maximum atomic E-state index is 12.2. The molecule has 6 nitrogen and oxygen atoms in total. The van der Waals surface area contributed by atoms with Crippen LogP contribution >= 0.6 is 0 Å². The van der Waals surface area contributed by atoms with Crippen LogP contribution < -0.4 is 11.1 Å². The Labute approximate surface area is 123 Å². The van der Waals surface area contributed by atoms with Crippen LogP contribution in [-0.2, 0) is 4.79 Å². The number of carbonyl (C=O) groups excluding carboxylic acids is 3. The van der Waals surface area contributed by atoms with E-state index in [1.54, 1.807) is 24.3 Å². The standard InChI is InChI=1S/C15H19N3O3/c1-10(19)11-4-6-13(7-5-11)17-14(20)12-3-2-8-18(9-12)15(16)21/h4-7,12H,2-3,8-9H2,1H3,(H2,16,21)(H,17,20)/t12-/m0/s1. The SMILES string of the molecule is CC(=O)c1ccc(NC(=O)[C@H]2CCCN(C(N)=O)C2)cc1. The third-order valence-electron chi connectivity index (χ3n) is 3.66. The summed E-state index contributed by atoms with van der Waals surface area (Å²) in [5.41, 5.74) is 6.49. The molecule has 1 aliphatic heterocycles. The lowest BCUT2D eigenvalue weighted by Gasteiger charge is -2.30. The summed E-state index contributed by atoms with van der Waals surface area (Å²) in [7, 11) is 0. The van der Waals surface area contributed by atoms with Crippen molar-refractivity contribution in [1.82, 2.24) is 4.90 Å². The first-order valence-corrected chi connectivity index (χ1v) is 6.93. The van der Waals surface area contributed by atoms with E-state index in [2.05, 4.69) is 5.32 Å². The second-order valence-corrected chi connectivity index (χ2v) is 5.25. The fourth-order valence-corrected chi connectivity index (χ4v) is 2.42.